The lowest BCUT2D eigenvalue weighted by atomic mass is 10.0. The first kappa shape index (κ1) is 18.0. The van der Waals surface area contributed by atoms with Crippen molar-refractivity contribution in [2.75, 3.05) is 45.4 Å². The zero-order chi connectivity index (χ0) is 18.4. The molecule has 0 radical (unpaired) electrons. The Morgan fingerprint density at radius 1 is 1.08 bits per heavy atom. The third-order valence-corrected chi connectivity index (χ3v) is 4.38. The molecule has 0 unspecified atom stereocenters. The number of ether oxygens (including phenoxy) is 3. The molecule has 5 heteroatoms. The second-order valence-corrected chi connectivity index (χ2v) is 5.94. The lowest BCUT2D eigenvalue weighted by Gasteiger charge is -2.30. The Balaban J connectivity index is 2.01. The highest BCUT2D eigenvalue weighted by atomic mass is 16.5. The number of morpholine rings is 1. The van der Waals surface area contributed by atoms with Gasteiger partial charge in [-0.2, -0.15) is 0 Å². The van der Waals surface area contributed by atoms with Gasteiger partial charge in [0.15, 0.2) is 0 Å². The van der Waals surface area contributed by atoms with Crippen molar-refractivity contribution in [3.8, 4) is 5.75 Å². The molecule has 136 valence electrons. The van der Waals surface area contributed by atoms with Crippen LogP contribution in [0.4, 0.5) is 5.69 Å². The highest BCUT2D eigenvalue weighted by molar-refractivity contribution is 5.97. The summed E-state index contributed by atoms with van der Waals surface area (Å²) in [6, 6.07) is 13.5. The number of anilines is 1. The molecule has 1 heterocycles. The SMILES string of the molecule is COC(=O)c1cccc(N2CCOCC2)c1/C=C/c1cccc(OC)c1. The lowest BCUT2D eigenvalue weighted by Crippen LogP contribution is -2.36. The Kier molecular flexibility index (Phi) is 5.92. The van der Waals surface area contributed by atoms with E-state index in [1.165, 1.54) is 7.11 Å². The zero-order valence-corrected chi connectivity index (χ0v) is 15.1. The molecule has 1 saturated heterocycles. The van der Waals surface area contributed by atoms with Gasteiger partial charge in [0.2, 0.25) is 0 Å². The quantitative estimate of drug-likeness (QED) is 0.608. The first-order valence-corrected chi connectivity index (χ1v) is 8.59. The first-order chi connectivity index (χ1) is 12.7. The third kappa shape index (κ3) is 4.06. The summed E-state index contributed by atoms with van der Waals surface area (Å²) < 4.78 is 15.7. The molecule has 5 nitrogen and oxygen atoms in total. The third-order valence-electron chi connectivity index (χ3n) is 4.38. The summed E-state index contributed by atoms with van der Waals surface area (Å²) in [6.45, 7) is 2.96. The fourth-order valence-electron chi connectivity index (χ4n) is 3.02. The second kappa shape index (κ2) is 8.54. The van der Waals surface area contributed by atoms with E-state index in [0.29, 0.717) is 18.8 Å². The van der Waals surface area contributed by atoms with Gasteiger partial charge in [-0.25, -0.2) is 4.79 Å². The predicted molar refractivity (Wildman–Crippen MR) is 103 cm³/mol. The van der Waals surface area contributed by atoms with Crippen molar-refractivity contribution in [2.24, 2.45) is 0 Å². The minimum Gasteiger partial charge on any atom is -0.497 e. The van der Waals surface area contributed by atoms with Crippen molar-refractivity contribution in [3.63, 3.8) is 0 Å². The van der Waals surface area contributed by atoms with E-state index in [1.807, 2.05) is 48.6 Å². The minimum atomic E-state index is -0.342. The smallest absolute Gasteiger partial charge is 0.338 e. The molecule has 0 bridgehead atoms. The fourth-order valence-corrected chi connectivity index (χ4v) is 3.02. The van der Waals surface area contributed by atoms with Crippen molar-refractivity contribution in [2.45, 2.75) is 0 Å². The molecule has 0 aliphatic carbocycles. The van der Waals surface area contributed by atoms with Crippen LogP contribution in [0.3, 0.4) is 0 Å². The van der Waals surface area contributed by atoms with Gasteiger partial charge in [-0.3, -0.25) is 0 Å². The van der Waals surface area contributed by atoms with Gasteiger partial charge >= 0.3 is 5.97 Å². The standard InChI is InChI=1S/C21H23NO4/c1-24-17-6-3-5-16(15-17)9-10-18-19(21(23)25-2)7-4-8-20(18)22-11-13-26-14-12-22/h3-10,15H,11-14H2,1-2H3/b10-9+. The van der Waals surface area contributed by atoms with Crippen LogP contribution < -0.4 is 9.64 Å². The van der Waals surface area contributed by atoms with Crippen LogP contribution in [0.1, 0.15) is 21.5 Å². The van der Waals surface area contributed by atoms with Crippen LogP contribution in [-0.4, -0.2) is 46.5 Å². The van der Waals surface area contributed by atoms with Gasteiger partial charge in [0, 0.05) is 24.3 Å². The van der Waals surface area contributed by atoms with E-state index in [-0.39, 0.29) is 5.97 Å². The number of hydrogen-bond acceptors (Lipinski definition) is 5. The molecule has 0 atom stereocenters. The molecule has 0 amide bonds. The number of carbonyl (C=O) groups is 1. The fraction of sp³-hybridized carbons (Fsp3) is 0.286. The monoisotopic (exact) mass is 353 g/mol. The number of hydrogen-bond donors (Lipinski definition) is 0. The Hall–Kier alpha value is -2.79. The van der Waals surface area contributed by atoms with Crippen LogP contribution in [0.5, 0.6) is 5.75 Å². The molecule has 2 aromatic carbocycles. The van der Waals surface area contributed by atoms with Crippen LogP contribution in [0.15, 0.2) is 42.5 Å². The number of rotatable bonds is 5. The Labute approximate surface area is 153 Å². The number of nitrogens with zero attached hydrogens (tertiary/aromatic N) is 1. The summed E-state index contributed by atoms with van der Waals surface area (Å²) in [4.78, 5) is 14.5. The largest absolute Gasteiger partial charge is 0.497 e. The Morgan fingerprint density at radius 2 is 1.85 bits per heavy atom. The average molecular weight is 353 g/mol. The molecule has 0 saturated carbocycles. The maximum absolute atomic E-state index is 12.3. The van der Waals surface area contributed by atoms with E-state index < -0.39 is 0 Å². The maximum atomic E-state index is 12.3. The number of carbonyl (C=O) groups excluding carboxylic acids is 1. The summed E-state index contributed by atoms with van der Waals surface area (Å²) in [5, 5.41) is 0. The second-order valence-electron chi connectivity index (χ2n) is 5.94. The van der Waals surface area contributed by atoms with E-state index in [0.717, 1.165) is 35.7 Å². The molecular weight excluding hydrogens is 330 g/mol. The molecule has 3 rings (SSSR count). The molecule has 0 N–H and O–H groups in total. The number of esters is 1. The van der Waals surface area contributed by atoms with E-state index in [1.54, 1.807) is 13.2 Å². The number of methoxy groups -OCH3 is 2. The van der Waals surface area contributed by atoms with Gasteiger partial charge in [0.05, 0.1) is 33.0 Å². The molecule has 2 aromatic rings. The zero-order valence-electron chi connectivity index (χ0n) is 15.1. The molecule has 1 fully saturated rings. The Morgan fingerprint density at radius 3 is 2.58 bits per heavy atom. The summed E-state index contributed by atoms with van der Waals surface area (Å²) in [7, 11) is 3.05. The molecule has 26 heavy (non-hydrogen) atoms. The van der Waals surface area contributed by atoms with Crippen LogP contribution >= 0.6 is 0 Å². The van der Waals surface area contributed by atoms with Crippen LogP contribution in [0, 0.1) is 0 Å². The van der Waals surface area contributed by atoms with Gasteiger partial charge in [-0.15, -0.1) is 0 Å². The van der Waals surface area contributed by atoms with E-state index in [9.17, 15) is 4.79 Å². The van der Waals surface area contributed by atoms with Crippen molar-refractivity contribution in [3.05, 3.63) is 59.2 Å². The van der Waals surface area contributed by atoms with E-state index in [2.05, 4.69) is 4.90 Å². The lowest BCUT2D eigenvalue weighted by molar-refractivity contribution is 0.0600. The minimum absolute atomic E-state index is 0.342. The summed E-state index contributed by atoms with van der Waals surface area (Å²) >= 11 is 0. The van der Waals surface area contributed by atoms with Gasteiger partial charge < -0.3 is 19.1 Å². The summed E-state index contributed by atoms with van der Waals surface area (Å²) in [5.41, 5.74) is 3.41. The average Bonchev–Trinajstić information content (AvgIpc) is 2.72. The summed E-state index contributed by atoms with van der Waals surface area (Å²) in [5.74, 6) is 0.451. The maximum Gasteiger partial charge on any atom is 0.338 e. The molecule has 1 aliphatic heterocycles. The van der Waals surface area contributed by atoms with Gasteiger partial charge in [0.25, 0.3) is 0 Å². The van der Waals surface area contributed by atoms with Gasteiger partial charge in [0.1, 0.15) is 5.75 Å². The topological polar surface area (TPSA) is 48.0 Å². The van der Waals surface area contributed by atoms with Crippen molar-refractivity contribution >= 4 is 23.8 Å². The molecule has 1 aliphatic rings. The van der Waals surface area contributed by atoms with Gasteiger partial charge in [-0.05, 0) is 29.8 Å². The predicted octanol–water partition coefficient (Wildman–Crippen LogP) is 3.49. The van der Waals surface area contributed by atoms with Crippen molar-refractivity contribution in [1.82, 2.24) is 0 Å². The normalized spacial score (nSPS) is 14.5. The van der Waals surface area contributed by atoms with Crippen LogP contribution in [-0.2, 0) is 9.47 Å². The molecule has 0 spiro atoms. The van der Waals surface area contributed by atoms with Crippen molar-refractivity contribution < 1.29 is 19.0 Å². The van der Waals surface area contributed by atoms with E-state index in [4.69, 9.17) is 14.2 Å². The summed E-state index contributed by atoms with van der Waals surface area (Å²) in [6.07, 6.45) is 3.94. The molecule has 0 aromatic heterocycles. The first-order valence-electron chi connectivity index (χ1n) is 8.59. The van der Waals surface area contributed by atoms with Gasteiger partial charge in [-0.1, -0.05) is 30.4 Å². The number of benzene rings is 2. The Bertz CT molecular complexity index is 794. The van der Waals surface area contributed by atoms with Crippen LogP contribution in [0.2, 0.25) is 0 Å². The van der Waals surface area contributed by atoms with E-state index >= 15 is 0 Å². The van der Waals surface area contributed by atoms with Crippen molar-refractivity contribution in [1.29, 1.82) is 0 Å². The highest BCUT2D eigenvalue weighted by Gasteiger charge is 2.19. The van der Waals surface area contributed by atoms with Crippen LogP contribution in [0.25, 0.3) is 12.2 Å². The highest BCUT2D eigenvalue weighted by Crippen LogP contribution is 2.28. The molecular formula is C21H23NO4.